The second kappa shape index (κ2) is 7.17. The third kappa shape index (κ3) is 5.21. The fourth-order valence-corrected chi connectivity index (χ4v) is 2.24. The van der Waals surface area contributed by atoms with Crippen molar-refractivity contribution >= 4 is 37.8 Å². The topological polar surface area (TPSA) is 29.1 Å². The average Bonchev–Trinajstić information content (AvgIpc) is 2.27. The molecular weight excluding hydrogens is 346 g/mol. The molecule has 0 aliphatic carbocycles. The van der Waals surface area contributed by atoms with Crippen LogP contribution in [-0.2, 0) is 0 Å². The van der Waals surface area contributed by atoms with Crippen LogP contribution >= 0.6 is 31.9 Å². The number of aryl methyl sites for hydroxylation is 1. The van der Waals surface area contributed by atoms with Gasteiger partial charge in [-0.1, -0.05) is 34.5 Å². The quantitative estimate of drug-likeness (QED) is 0.621. The number of hydrogen-bond acceptors (Lipinski definition) is 1. The molecule has 0 aliphatic heterocycles. The molecule has 2 nitrogen and oxygen atoms in total. The summed E-state index contributed by atoms with van der Waals surface area (Å²) < 4.78 is 0.842. The van der Waals surface area contributed by atoms with Gasteiger partial charge in [-0.3, -0.25) is 4.79 Å². The Morgan fingerprint density at radius 2 is 2.18 bits per heavy atom. The highest BCUT2D eigenvalue weighted by molar-refractivity contribution is 9.10. The maximum atomic E-state index is 11.9. The molecule has 0 saturated carbocycles. The summed E-state index contributed by atoms with van der Waals surface area (Å²) in [5, 5.41) is 2.93. The third-order valence-electron chi connectivity index (χ3n) is 2.43. The Balaban J connectivity index is 2.49. The second-order valence-electron chi connectivity index (χ2n) is 4.16. The molecule has 1 unspecified atom stereocenters. The molecule has 17 heavy (non-hydrogen) atoms. The first-order valence-electron chi connectivity index (χ1n) is 5.69. The normalized spacial score (nSPS) is 12.2. The molecule has 1 rings (SSSR count). The summed E-state index contributed by atoms with van der Waals surface area (Å²) in [4.78, 5) is 12.4. The van der Waals surface area contributed by atoms with Gasteiger partial charge in [-0.25, -0.2) is 0 Å². The Morgan fingerprint density at radius 1 is 1.47 bits per heavy atom. The van der Waals surface area contributed by atoms with Crippen molar-refractivity contribution in [3.05, 3.63) is 33.8 Å². The monoisotopic (exact) mass is 361 g/mol. The number of nitrogens with one attached hydrogen (secondary N) is 1. The zero-order valence-corrected chi connectivity index (χ0v) is 13.3. The van der Waals surface area contributed by atoms with Gasteiger partial charge in [0.1, 0.15) is 0 Å². The number of rotatable bonds is 5. The SMILES string of the molecule is Cc1ccc(Br)c(C(=O)NCCCC(C)Br)c1. The van der Waals surface area contributed by atoms with Gasteiger partial charge in [-0.2, -0.15) is 0 Å². The van der Waals surface area contributed by atoms with Crippen molar-refractivity contribution in [2.24, 2.45) is 0 Å². The van der Waals surface area contributed by atoms with Crippen LogP contribution in [0, 0.1) is 6.92 Å². The number of carbonyl (C=O) groups is 1. The van der Waals surface area contributed by atoms with Crippen LogP contribution in [0.4, 0.5) is 0 Å². The lowest BCUT2D eigenvalue weighted by Gasteiger charge is -2.08. The van der Waals surface area contributed by atoms with E-state index in [1.165, 1.54) is 0 Å². The summed E-state index contributed by atoms with van der Waals surface area (Å²) in [5.74, 6) is -0.0113. The third-order valence-corrected chi connectivity index (χ3v) is 3.58. The lowest BCUT2D eigenvalue weighted by atomic mass is 10.1. The van der Waals surface area contributed by atoms with Crippen LogP contribution in [0.1, 0.15) is 35.7 Å². The first-order chi connectivity index (χ1) is 8.00. The fraction of sp³-hybridized carbons (Fsp3) is 0.462. The van der Waals surface area contributed by atoms with Gasteiger partial charge in [-0.05, 0) is 47.8 Å². The summed E-state index contributed by atoms with van der Waals surface area (Å²) in [6.45, 7) is 4.81. The van der Waals surface area contributed by atoms with Crippen molar-refractivity contribution in [3.8, 4) is 0 Å². The molecule has 0 radical (unpaired) electrons. The molecule has 1 aromatic rings. The molecule has 1 atom stereocenters. The number of amides is 1. The molecule has 0 heterocycles. The average molecular weight is 363 g/mol. The van der Waals surface area contributed by atoms with Gasteiger partial charge in [0, 0.05) is 15.8 Å². The Hall–Kier alpha value is -0.350. The van der Waals surface area contributed by atoms with E-state index in [0.717, 1.165) is 29.4 Å². The largest absolute Gasteiger partial charge is 0.352 e. The van der Waals surface area contributed by atoms with Crippen molar-refractivity contribution in [3.63, 3.8) is 0 Å². The second-order valence-corrected chi connectivity index (χ2v) is 6.58. The van der Waals surface area contributed by atoms with E-state index in [0.29, 0.717) is 10.4 Å². The van der Waals surface area contributed by atoms with Crippen molar-refractivity contribution in [2.45, 2.75) is 31.5 Å². The van der Waals surface area contributed by atoms with Gasteiger partial charge < -0.3 is 5.32 Å². The molecule has 0 aliphatic rings. The van der Waals surface area contributed by atoms with E-state index in [1.54, 1.807) is 0 Å². The minimum Gasteiger partial charge on any atom is -0.352 e. The van der Waals surface area contributed by atoms with Crippen LogP contribution < -0.4 is 5.32 Å². The summed E-state index contributed by atoms with van der Waals surface area (Å²) in [5.41, 5.74) is 1.80. The summed E-state index contributed by atoms with van der Waals surface area (Å²) in [6, 6.07) is 5.78. The molecule has 4 heteroatoms. The van der Waals surface area contributed by atoms with Crippen molar-refractivity contribution in [1.82, 2.24) is 5.32 Å². The van der Waals surface area contributed by atoms with Crippen molar-refractivity contribution < 1.29 is 4.79 Å². The molecular formula is C13H17Br2NO. The Morgan fingerprint density at radius 3 is 2.82 bits per heavy atom. The minimum absolute atomic E-state index is 0.0113. The van der Waals surface area contributed by atoms with Crippen LogP contribution in [0.15, 0.2) is 22.7 Å². The van der Waals surface area contributed by atoms with E-state index in [1.807, 2.05) is 25.1 Å². The molecule has 1 aromatic carbocycles. The molecule has 1 N–H and O–H groups in total. The predicted octanol–water partition coefficient (Wildman–Crippen LogP) is 4.05. The summed E-state index contributed by atoms with van der Waals surface area (Å²) in [6.07, 6.45) is 2.05. The summed E-state index contributed by atoms with van der Waals surface area (Å²) in [7, 11) is 0. The molecule has 94 valence electrons. The minimum atomic E-state index is -0.0113. The number of carbonyl (C=O) groups excluding carboxylic acids is 1. The van der Waals surface area contributed by atoms with Crippen molar-refractivity contribution in [1.29, 1.82) is 0 Å². The number of hydrogen-bond donors (Lipinski definition) is 1. The molecule has 0 spiro atoms. The smallest absolute Gasteiger partial charge is 0.252 e. The van der Waals surface area contributed by atoms with Crippen LogP contribution in [0.2, 0.25) is 0 Å². The van der Waals surface area contributed by atoms with Gasteiger partial charge in [-0.15, -0.1) is 0 Å². The first kappa shape index (κ1) is 14.7. The fourth-order valence-electron chi connectivity index (χ4n) is 1.49. The highest BCUT2D eigenvalue weighted by Crippen LogP contribution is 2.18. The van der Waals surface area contributed by atoms with Crippen LogP contribution in [-0.4, -0.2) is 17.3 Å². The van der Waals surface area contributed by atoms with E-state index < -0.39 is 0 Å². The summed E-state index contributed by atoms with van der Waals surface area (Å²) >= 11 is 6.88. The zero-order chi connectivity index (χ0) is 12.8. The van der Waals surface area contributed by atoms with E-state index in [2.05, 4.69) is 44.1 Å². The number of halogens is 2. The molecule has 0 bridgehead atoms. The molecule has 1 amide bonds. The number of benzene rings is 1. The maximum Gasteiger partial charge on any atom is 0.252 e. The van der Waals surface area contributed by atoms with E-state index in [-0.39, 0.29) is 5.91 Å². The Bertz CT molecular complexity index is 391. The van der Waals surface area contributed by atoms with Gasteiger partial charge in [0.2, 0.25) is 0 Å². The predicted molar refractivity (Wildman–Crippen MR) is 78.8 cm³/mol. The standard InChI is InChI=1S/C13H17Br2NO/c1-9-5-6-12(15)11(8-9)13(17)16-7-3-4-10(2)14/h5-6,8,10H,3-4,7H2,1-2H3,(H,16,17). The highest BCUT2D eigenvalue weighted by atomic mass is 79.9. The van der Waals surface area contributed by atoms with E-state index >= 15 is 0 Å². The lowest BCUT2D eigenvalue weighted by molar-refractivity contribution is 0.0952. The number of alkyl halides is 1. The first-order valence-corrected chi connectivity index (χ1v) is 7.40. The van der Waals surface area contributed by atoms with Crippen molar-refractivity contribution in [2.75, 3.05) is 6.54 Å². The Labute approximate surface area is 119 Å². The Kier molecular flexibility index (Phi) is 6.20. The van der Waals surface area contributed by atoms with Gasteiger partial charge in [0.25, 0.3) is 5.91 Å². The van der Waals surface area contributed by atoms with Crippen LogP contribution in [0.3, 0.4) is 0 Å². The van der Waals surface area contributed by atoms with Crippen LogP contribution in [0.5, 0.6) is 0 Å². The van der Waals surface area contributed by atoms with E-state index in [9.17, 15) is 4.79 Å². The molecule has 0 fully saturated rings. The lowest BCUT2D eigenvalue weighted by Crippen LogP contribution is -2.25. The van der Waals surface area contributed by atoms with E-state index in [4.69, 9.17) is 0 Å². The zero-order valence-electron chi connectivity index (χ0n) is 10.1. The van der Waals surface area contributed by atoms with Gasteiger partial charge >= 0.3 is 0 Å². The maximum absolute atomic E-state index is 11.9. The molecule has 0 aromatic heterocycles. The molecule has 0 saturated heterocycles. The van der Waals surface area contributed by atoms with Gasteiger partial charge in [0.05, 0.1) is 5.56 Å². The highest BCUT2D eigenvalue weighted by Gasteiger charge is 2.09. The van der Waals surface area contributed by atoms with Gasteiger partial charge in [0.15, 0.2) is 0 Å². The van der Waals surface area contributed by atoms with Crippen LogP contribution in [0.25, 0.3) is 0 Å².